The summed E-state index contributed by atoms with van der Waals surface area (Å²) in [5, 5.41) is 5.84. The van der Waals surface area contributed by atoms with E-state index in [2.05, 4.69) is 10.3 Å². The molecule has 0 aliphatic carbocycles. The van der Waals surface area contributed by atoms with Gasteiger partial charge in [0.2, 0.25) is 11.8 Å². The Morgan fingerprint density at radius 3 is 3.12 bits per heavy atom. The lowest BCUT2D eigenvalue weighted by Gasteiger charge is -2.34. The minimum atomic E-state index is -0.647. The van der Waals surface area contributed by atoms with Crippen LogP contribution in [0, 0.1) is 6.92 Å². The first kappa shape index (κ1) is 17.1. The molecule has 1 aromatic carbocycles. The van der Waals surface area contributed by atoms with Crippen molar-refractivity contribution in [3.63, 3.8) is 0 Å². The standard InChI is InChI=1S/C18H17N3O3S2/c1-11-19-14-7-12(4-5-16(14)26-11)20-18(23)15-9-24-10-17(22)21(15)8-13-3-2-6-25-13/h2-7,15H,8-10H2,1H3,(H,20,23). The molecular weight excluding hydrogens is 370 g/mol. The minimum Gasteiger partial charge on any atom is -0.369 e. The average Bonchev–Trinajstić information content (AvgIpc) is 3.24. The summed E-state index contributed by atoms with van der Waals surface area (Å²) < 4.78 is 6.40. The van der Waals surface area contributed by atoms with Gasteiger partial charge in [-0.2, -0.15) is 0 Å². The van der Waals surface area contributed by atoms with E-state index in [1.165, 1.54) is 0 Å². The predicted molar refractivity (Wildman–Crippen MR) is 102 cm³/mol. The number of amides is 2. The number of anilines is 1. The summed E-state index contributed by atoms with van der Waals surface area (Å²) in [5.74, 6) is -0.420. The number of carbonyl (C=O) groups is 2. The van der Waals surface area contributed by atoms with Crippen molar-refractivity contribution < 1.29 is 14.3 Å². The molecule has 1 aliphatic rings. The van der Waals surface area contributed by atoms with E-state index in [4.69, 9.17) is 4.74 Å². The number of benzene rings is 1. The quantitative estimate of drug-likeness (QED) is 0.747. The minimum absolute atomic E-state index is 0.0131. The molecule has 0 saturated carbocycles. The number of rotatable bonds is 4. The number of hydrogen-bond donors (Lipinski definition) is 1. The molecule has 8 heteroatoms. The highest BCUT2D eigenvalue weighted by molar-refractivity contribution is 7.18. The molecule has 3 aromatic rings. The lowest BCUT2D eigenvalue weighted by Crippen LogP contribution is -2.54. The molecule has 134 valence electrons. The Labute approximate surface area is 158 Å². The highest BCUT2D eigenvalue weighted by Gasteiger charge is 2.34. The lowest BCUT2D eigenvalue weighted by molar-refractivity contribution is -0.153. The van der Waals surface area contributed by atoms with Crippen LogP contribution in [-0.2, 0) is 20.9 Å². The molecule has 3 heterocycles. The van der Waals surface area contributed by atoms with Crippen LogP contribution < -0.4 is 5.32 Å². The van der Waals surface area contributed by atoms with Gasteiger partial charge in [0.15, 0.2) is 0 Å². The van der Waals surface area contributed by atoms with Crippen molar-refractivity contribution >= 4 is 50.4 Å². The molecule has 1 aliphatic heterocycles. The Balaban J connectivity index is 1.53. The van der Waals surface area contributed by atoms with Gasteiger partial charge in [0.25, 0.3) is 0 Å². The third kappa shape index (κ3) is 3.48. The molecule has 1 atom stereocenters. The van der Waals surface area contributed by atoms with Crippen LogP contribution in [0.4, 0.5) is 5.69 Å². The maximum atomic E-state index is 12.8. The summed E-state index contributed by atoms with van der Waals surface area (Å²) in [4.78, 5) is 32.2. The van der Waals surface area contributed by atoms with Gasteiger partial charge < -0.3 is 15.0 Å². The molecule has 1 unspecified atom stereocenters. The van der Waals surface area contributed by atoms with Gasteiger partial charge in [-0.1, -0.05) is 6.07 Å². The highest BCUT2D eigenvalue weighted by Crippen LogP contribution is 2.25. The molecule has 26 heavy (non-hydrogen) atoms. The maximum absolute atomic E-state index is 12.8. The van der Waals surface area contributed by atoms with Crippen molar-refractivity contribution in [1.29, 1.82) is 0 Å². The first-order valence-corrected chi connectivity index (χ1v) is 9.87. The Kier molecular flexibility index (Phi) is 4.71. The van der Waals surface area contributed by atoms with E-state index < -0.39 is 6.04 Å². The SMILES string of the molecule is Cc1nc2cc(NC(=O)C3COCC(=O)N3Cc3cccs3)ccc2s1. The van der Waals surface area contributed by atoms with E-state index >= 15 is 0 Å². The normalized spacial score (nSPS) is 17.7. The lowest BCUT2D eigenvalue weighted by atomic mass is 10.2. The van der Waals surface area contributed by atoms with E-state index in [-0.39, 0.29) is 25.0 Å². The van der Waals surface area contributed by atoms with E-state index in [9.17, 15) is 9.59 Å². The first-order valence-electron chi connectivity index (χ1n) is 8.18. The number of aryl methyl sites for hydroxylation is 1. The highest BCUT2D eigenvalue weighted by atomic mass is 32.1. The molecule has 2 amide bonds. The molecule has 1 N–H and O–H groups in total. The number of ether oxygens (including phenoxy) is 1. The van der Waals surface area contributed by atoms with Crippen LogP contribution in [-0.4, -0.2) is 41.0 Å². The number of thiazole rings is 1. The summed E-state index contributed by atoms with van der Waals surface area (Å²) in [5.41, 5.74) is 1.53. The van der Waals surface area contributed by atoms with Crippen molar-refractivity contribution in [2.45, 2.75) is 19.5 Å². The zero-order chi connectivity index (χ0) is 18.1. The number of morpholine rings is 1. The van der Waals surface area contributed by atoms with Crippen molar-refractivity contribution in [3.05, 3.63) is 45.6 Å². The second-order valence-corrected chi connectivity index (χ2v) is 8.30. The third-order valence-electron chi connectivity index (χ3n) is 4.17. The summed E-state index contributed by atoms with van der Waals surface area (Å²) in [6, 6.07) is 8.90. The van der Waals surface area contributed by atoms with E-state index in [1.807, 2.05) is 42.6 Å². The van der Waals surface area contributed by atoms with Gasteiger partial charge in [-0.25, -0.2) is 4.98 Å². The number of fused-ring (bicyclic) bond motifs is 1. The van der Waals surface area contributed by atoms with Gasteiger partial charge in [-0.05, 0) is 36.6 Å². The monoisotopic (exact) mass is 387 g/mol. The van der Waals surface area contributed by atoms with Crippen LogP contribution >= 0.6 is 22.7 Å². The largest absolute Gasteiger partial charge is 0.369 e. The fraction of sp³-hybridized carbons (Fsp3) is 0.278. The van der Waals surface area contributed by atoms with Crippen LogP contribution in [0.3, 0.4) is 0 Å². The molecular formula is C18H17N3O3S2. The van der Waals surface area contributed by atoms with Gasteiger partial charge in [0, 0.05) is 10.6 Å². The second kappa shape index (κ2) is 7.14. The van der Waals surface area contributed by atoms with E-state index in [0.29, 0.717) is 12.2 Å². The zero-order valence-corrected chi connectivity index (χ0v) is 15.7. The van der Waals surface area contributed by atoms with Gasteiger partial charge in [-0.3, -0.25) is 9.59 Å². The van der Waals surface area contributed by atoms with Crippen molar-refractivity contribution in [3.8, 4) is 0 Å². The van der Waals surface area contributed by atoms with Crippen LogP contribution in [0.25, 0.3) is 10.2 Å². The van der Waals surface area contributed by atoms with Crippen molar-refractivity contribution in [2.24, 2.45) is 0 Å². The molecule has 2 aromatic heterocycles. The Hall–Kier alpha value is -2.29. The van der Waals surface area contributed by atoms with Crippen LogP contribution in [0.5, 0.6) is 0 Å². The first-order chi connectivity index (χ1) is 12.6. The van der Waals surface area contributed by atoms with Gasteiger partial charge >= 0.3 is 0 Å². The van der Waals surface area contributed by atoms with Crippen LogP contribution in [0.1, 0.15) is 9.88 Å². The third-order valence-corrected chi connectivity index (χ3v) is 5.98. The predicted octanol–water partition coefficient (Wildman–Crippen LogP) is 3.03. The number of aromatic nitrogens is 1. The van der Waals surface area contributed by atoms with Gasteiger partial charge in [-0.15, -0.1) is 22.7 Å². The number of hydrogen-bond acceptors (Lipinski definition) is 6. The summed E-state index contributed by atoms with van der Waals surface area (Å²) >= 11 is 3.18. The van der Waals surface area contributed by atoms with Gasteiger partial charge in [0.1, 0.15) is 12.6 Å². The number of carbonyl (C=O) groups excluding carboxylic acids is 2. The fourth-order valence-corrected chi connectivity index (χ4v) is 4.45. The Morgan fingerprint density at radius 1 is 1.42 bits per heavy atom. The van der Waals surface area contributed by atoms with Crippen molar-refractivity contribution in [1.82, 2.24) is 9.88 Å². The number of nitrogens with zero attached hydrogens (tertiary/aromatic N) is 2. The number of thiophene rings is 1. The molecule has 0 spiro atoms. The summed E-state index contributed by atoms with van der Waals surface area (Å²) in [7, 11) is 0. The summed E-state index contributed by atoms with van der Waals surface area (Å²) in [6.07, 6.45) is 0. The maximum Gasteiger partial charge on any atom is 0.249 e. The van der Waals surface area contributed by atoms with Crippen LogP contribution in [0.15, 0.2) is 35.7 Å². The van der Waals surface area contributed by atoms with E-state index in [0.717, 1.165) is 20.1 Å². The molecule has 0 radical (unpaired) electrons. The molecule has 1 saturated heterocycles. The number of nitrogens with one attached hydrogen (secondary N) is 1. The molecule has 4 rings (SSSR count). The Bertz CT molecular complexity index is 952. The fourth-order valence-electron chi connectivity index (χ4n) is 2.94. The van der Waals surface area contributed by atoms with E-state index in [1.54, 1.807) is 27.6 Å². The molecule has 6 nitrogen and oxygen atoms in total. The Morgan fingerprint density at radius 2 is 2.31 bits per heavy atom. The smallest absolute Gasteiger partial charge is 0.249 e. The van der Waals surface area contributed by atoms with Crippen molar-refractivity contribution in [2.75, 3.05) is 18.5 Å². The zero-order valence-electron chi connectivity index (χ0n) is 14.1. The second-order valence-electron chi connectivity index (χ2n) is 6.04. The van der Waals surface area contributed by atoms with Crippen LogP contribution in [0.2, 0.25) is 0 Å². The molecule has 0 bridgehead atoms. The molecule has 1 fully saturated rings. The average molecular weight is 387 g/mol. The topological polar surface area (TPSA) is 71.5 Å². The van der Waals surface area contributed by atoms with Gasteiger partial charge in [0.05, 0.1) is 28.4 Å². The summed E-state index contributed by atoms with van der Waals surface area (Å²) in [6.45, 7) is 2.58.